The quantitative estimate of drug-likeness (QED) is 0.815. The highest BCUT2D eigenvalue weighted by Crippen LogP contribution is 2.25. The first-order valence-electron chi connectivity index (χ1n) is 9.71. The summed E-state index contributed by atoms with van der Waals surface area (Å²) >= 11 is 0. The molecule has 4 rings (SSSR count). The van der Waals surface area contributed by atoms with Crippen LogP contribution in [0, 0.1) is 0 Å². The predicted octanol–water partition coefficient (Wildman–Crippen LogP) is 3.30. The van der Waals surface area contributed by atoms with Crippen molar-refractivity contribution < 1.29 is 14.3 Å². The van der Waals surface area contributed by atoms with Crippen LogP contribution in [0.5, 0.6) is 5.75 Å². The summed E-state index contributed by atoms with van der Waals surface area (Å²) in [4.78, 5) is 30.1. The van der Waals surface area contributed by atoms with E-state index in [0.29, 0.717) is 31.7 Å². The van der Waals surface area contributed by atoms with Crippen molar-refractivity contribution in [1.29, 1.82) is 0 Å². The van der Waals surface area contributed by atoms with E-state index in [9.17, 15) is 9.59 Å². The van der Waals surface area contributed by atoms with Crippen LogP contribution in [0.2, 0.25) is 0 Å². The lowest BCUT2D eigenvalue weighted by atomic mass is 9.99. The van der Waals surface area contributed by atoms with Gasteiger partial charge in [-0.2, -0.15) is 0 Å². The maximum absolute atomic E-state index is 12.5. The summed E-state index contributed by atoms with van der Waals surface area (Å²) in [5.74, 6) is 1.44. The fourth-order valence-corrected chi connectivity index (χ4v) is 3.58. The van der Waals surface area contributed by atoms with Crippen LogP contribution in [0.3, 0.4) is 0 Å². The second-order valence-corrected chi connectivity index (χ2v) is 7.15. The van der Waals surface area contributed by atoms with Crippen LogP contribution in [0.25, 0.3) is 11.6 Å². The third kappa shape index (κ3) is 4.37. The molecule has 0 radical (unpaired) electrons. The lowest BCUT2D eigenvalue weighted by Crippen LogP contribution is -2.33. The molecule has 148 valence electrons. The van der Waals surface area contributed by atoms with E-state index in [1.165, 1.54) is 11.1 Å². The fraction of sp³-hybridized carbons (Fsp3) is 0.261. The van der Waals surface area contributed by atoms with E-state index in [0.717, 1.165) is 23.3 Å². The van der Waals surface area contributed by atoms with E-state index < -0.39 is 0 Å². The van der Waals surface area contributed by atoms with Crippen LogP contribution < -0.4 is 10.1 Å². The van der Waals surface area contributed by atoms with E-state index in [4.69, 9.17) is 4.74 Å². The summed E-state index contributed by atoms with van der Waals surface area (Å²) in [6, 6.07) is 9.98. The lowest BCUT2D eigenvalue weighted by molar-refractivity contribution is -0.125. The molecule has 29 heavy (non-hydrogen) atoms. The Kier molecular flexibility index (Phi) is 5.42. The third-order valence-corrected chi connectivity index (χ3v) is 5.27. The molecule has 6 nitrogen and oxygen atoms in total. The number of fused-ring (bicyclic) bond motifs is 1. The third-order valence-electron chi connectivity index (χ3n) is 5.27. The molecular formula is C23H23N3O3. The molecule has 1 N–H and O–H groups in total. The number of ether oxygens (including phenoxy) is 1. The highest BCUT2D eigenvalue weighted by molar-refractivity contribution is 5.94. The molecule has 2 aliphatic heterocycles. The minimum atomic E-state index is -0.0129. The molecule has 0 atom stereocenters. The average Bonchev–Trinajstić information content (AvgIpc) is 2.77. The van der Waals surface area contributed by atoms with E-state index >= 15 is 0 Å². The number of nitrogens with zero attached hydrogens (tertiary/aromatic N) is 2. The molecule has 0 saturated heterocycles. The monoisotopic (exact) mass is 389 g/mol. The Balaban J connectivity index is 1.38. The van der Waals surface area contributed by atoms with Crippen LogP contribution >= 0.6 is 0 Å². The summed E-state index contributed by atoms with van der Waals surface area (Å²) in [6.07, 6.45) is 9.14. The highest BCUT2D eigenvalue weighted by Gasteiger charge is 2.17. The van der Waals surface area contributed by atoms with Gasteiger partial charge in [-0.3, -0.25) is 9.59 Å². The van der Waals surface area contributed by atoms with Crippen molar-refractivity contribution in [2.45, 2.75) is 19.3 Å². The Labute approximate surface area is 169 Å². The van der Waals surface area contributed by atoms with E-state index in [-0.39, 0.29) is 11.8 Å². The number of aromatic nitrogens is 1. The predicted molar refractivity (Wildman–Crippen MR) is 112 cm³/mol. The second-order valence-electron chi connectivity index (χ2n) is 7.15. The molecule has 0 aliphatic carbocycles. The molecule has 1 aromatic carbocycles. The SMILES string of the molecule is COc1ccc(C2=CCN(C(=O)/C=C/c3cnc4c(c3)CCC(=O)N4)CC2)cc1. The Morgan fingerprint density at radius 1 is 1.21 bits per heavy atom. The number of nitrogens with one attached hydrogen (secondary N) is 1. The molecule has 1 aromatic heterocycles. The number of rotatable bonds is 4. The van der Waals surface area contributed by atoms with Crippen LogP contribution in [0.1, 0.15) is 29.5 Å². The Bertz CT molecular complexity index is 993. The summed E-state index contributed by atoms with van der Waals surface area (Å²) < 4.78 is 5.20. The molecule has 3 heterocycles. The highest BCUT2D eigenvalue weighted by atomic mass is 16.5. The maximum Gasteiger partial charge on any atom is 0.246 e. The number of pyridine rings is 1. The van der Waals surface area contributed by atoms with Gasteiger partial charge < -0.3 is 15.0 Å². The van der Waals surface area contributed by atoms with Crippen molar-refractivity contribution in [1.82, 2.24) is 9.88 Å². The smallest absolute Gasteiger partial charge is 0.246 e. The number of amides is 2. The van der Waals surface area contributed by atoms with Gasteiger partial charge in [0, 0.05) is 31.8 Å². The lowest BCUT2D eigenvalue weighted by Gasteiger charge is -2.25. The zero-order valence-corrected chi connectivity index (χ0v) is 16.4. The molecule has 0 unspecified atom stereocenters. The summed E-state index contributed by atoms with van der Waals surface area (Å²) in [6.45, 7) is 1.29. The Morgan fingerprint density at radius 2 is 2.03 bits per heavy atom. The topological polar surface area (TPSA) is 71.5 Å². The molecule has 6 heteroatoms. The van der Waals surface area contributed by atoms with Gasteiger partial charge in [0.1, 0.15) is 11.6 Å². The van der Waals surface area contributed by atoms with E-state index in [2.05, 4.69) is 16.4 Å². The molecule has 2 aromatic rings. The first kappa shape index (κ1) is 18.9. The first-order valence-corrected chi connectivity index (χ1v) is 9.71. The number of carbonyl (C=O) groups is 2. The summed E-state index contributed by atoms with van der Waals surface area (Å²) in [5.41, 5.74) is 4.28. The molecular weight excluding hydrogens is 366 g/mol. The Morgan fingerprint density at radius 3 is 2.76 bits per heavy atom. The van der Waals surface area contributed by atoms with Crippen LogP contribution in [-0.4, -0.2) is 41.9 Å². The van der Waals surface area contributed by atoms with Gasteiger partial charge in [-0.1, -0.05) is 18.2 Å². The van der Waals surface area contributed by atoms with Gasteiger partial charge in [0.15, 0.2) is 0 Å². The molecule has 0 saturated carbocycles. The van der Waals surface area contributed by atoms with Gasteiger partial charge in [0.25, 0.3) is 0 Å². The van der Waals surface area contributed by atoms with Gasteiger partial charge in [-0.25, -0.2) is 4.98 Å². The maximum atomic E-state index is 12.5. The van der Waals surface area contributed by atoms with Crippen molar-refractivity contribution >= 4 is 29.3 Å². The average molecular weight is 389 g/mol. The van der Waals surface area contributed by atoms with E-state index in [1.807, 2.05) is 35.2 Å². The molecule has 2 aliphatic rings. The Hall–Kier alpha value is -3.41. The molecule has 0 fully saturated rings. The number of hydrogen-bond acceptors (Lipinski definition) is 4. The van der Waals surface area contributed by atoms with Crippen molar-refractivity contribution in [2.24, 2.45) is 0 Å². The van der Waals surface area contributed by atoms with Crippen molar-refractivity contribution in [3.05, 3.63) is 65.4 Å². The largest absolute Gasteiger partial charge is 0.497 e. The zero-order chi connectivity index (χ0) is 20.2. The fourth-order valence-electron chi connectivity index (χ4n) is 3.58. The van der Waals surface area contributed by atoms with E-state index in [1.54, 1.807) is 25.5 Å². The number of methoxy groups -OCH3 is 1. The number of anilines is 1. The number of carbonyl (C=O) groups excluding carboxylic acids is 2. The molecule has 2 amide bonds. The van der Waals surface area contributed by atoms with Gasteiger partial charge in [0.2, 0.25) is 11.8 Å². The van der Waals surface area contributed by atoms with Crippen molar-refractivity contribution in [3.63, 3.8) is 0 Å². The van der Waals surface area contributed by atoms with Gasteiger partial charge in [0.05, 0.1) is 7.11 Å². The van der Waals surface area contributed by atoms with Crippen molar-refractivity contribution in [3.8, 4) is 5.75 Å². The zero-order valence-electron chi connectivity index (χ0n) is 16.4. The number of aryl methyl sites for hydroxylation is 1. The number of hydrogen-bond donors (Lipinski definition) is 1. The summed E-state index contributed by atoms with van der Waals surface area (Å²) in [7, 11) is 1.66. The molecule has 0 bridgehead atoms. The van der Waals surface area contributed by atoms with Crippen molar-refractivity contribution in [2.75, 3.05) is 25.5 Å². The van der Waals surface area contributed by atoms with Gasteiger partial charge in [-0.05, 0) is 59.4 Å². The number of benzene rings is 1. The standard InChI is InChI=1S/C23H23N3O3/c1-29-20-6-3-17(4-7-20)18-10-12-26(13-11-18)22(28)9-2-16-14-19-5-8-21(27)25-23(19)24-15-16/h2-4,6-7,9-10,14-15H,5,8,11-13H2,1H3,(H,24,25,27)/b9-2+. The minimum absolute atomic E-state index is 0.00404. The van der Waals surface area contributed by atoms with Crippen LogP contribution in [0.15, 0.2) is 48.7 Å². The normalized spacial score (nSPS) is 16.2. The summed E-state index contributed by atoms with van der Waals surface area (Å²) in [5, 5.41) is 2.76. The van der Waals surface area contributed by atoms with Gasteiger partial charge >= 0.3 is 0 Å². The minimum Gasteiger partial charge on any atom is -0.497 e. The second kappa shape index (κ2) is 8.31. The molecule has 0 spiro atoms. The van der Waals surface area contributed by atoms with Gasteiger partial charge in [-0.15, -0.1) is 0 Å². The first-order chi connectivity index (χ1) is 14.1. The van der Waals surface area contributed by atoms with Crippen LogP contribution in [0.4, 0.5) is 5.82 Å². The van der Waals surface area contributed by atoms with Crippen LogP contribution in [-0.2, 0) is 16.0 Å².